The first kappa shape index (κ1) is 16.5. The van der Waals surface area contributed by atoms with Crippen molar-refractivity contribution in [3.63, 3.8) is 0 Å². The summed E-state index contributed by atoms with van der Waals surface area (Å²) in [5, 5.41) is 2.77. The van der Waals surface area contributed by atoms with Gasteiger partial charge in [-0.25, -0.2) is 8.42 Å². The number of carbonyl (C=O) groups is 1. The molecule has 0 aliphatic heterocycles. The largest absolute Gasteiger partial charge is 0.398 e. The zero-order valence-electron chi connectivity index (χ0n) is 12.0. The van der Waals surface area contributed by atoms with E-state index in [0.717, 1.165) is 5.56 Å². The smallest absolute Gasteiger partial charge is 0.238 e. The van der Waals surface area contributed by atoms with Crippen LogP contribution in [0.3, 0.4) is 0 Å². The van der Waals surface area contributed by atoms with Gasteiger partial charge in [0.25, 0.3) is 0 Å². The standard InChI is InChI=1S/C13H21N3O3S/c1-10-11(14)5-4-6-12(10)15-13(17)9-16(2)7-8-20(3,18)19/h4-6H,7-9,14H2,1-3H3,(H,15,17). The van der Waals surface area contributed by atoms with Crippen molar-refractivity contribution in [2.75, 3.05) is 43.2 Å². The molecule has 1 aromatic rings. The molecular formula is C13H21N3O3S. The number of nitrogen functional groups attached to an aromatic ring is 1. The Morgan fingerprint density at radius 3 is 2.65 bits per heavy atom. The molecule has 0 aliphatic rings. The Morgan fingerprint density at radius 2 is 2.05 bits per heavy atom. The predicted molar refractivity (Wildman–Crippen MR) is 81.4 cm³/mol. The maximum atomic E-state index is 11.9. The van der Waals surface area contributed by atoms with Crippen molar-refractivity contribution in [2.45, 2.75) is 6.92 Å². The molecule has 0 saturated carbocycles. The summed E-state index contributed by atoms with van der Waals surface area (Å²) < 4.78 is 22.1. The van der Waals surface area contributed by atoms with E-state index >= 15 is 0 Å². The fourth-order valence-electron chi connectivity index (χ4n) is 1.62. The van der Waals surface area contributed by atoms with E-state index in [1.165, 1.54) is 6.26 Å². The van der Waals surface area contributed by atoms with Crippen molar-refractivity contribution in [2.24, 2.45) is 0 Å². The molecule has 0 fully saturated rings. The number of benzene rings is 1. The summed E-state index contributed by atoms with van der Waals surface area (Å²) in [5.74, 6) is -0.164. The third-order valence-electron chi connectivity index (χ3n) is 2.91. The Kier molecular flexibility index (Phi) is 5.52. The number of rotatable bonds is 6. The van der Waals surface area contributed by atoms with Crippen LogP contribution in [0.15, 0.2) is 18.2 Å². The normalized spacial score (nSPS) is 11.6. The van der Waals surface area contributed by atoms with E-state index in [9.17, 15) is 13.2 Å². The fraction of sp³-hybridized carbons (Fsp3) is 0.462. The highest BCUT2D eigenvalue weighted by Crippen LogP contribution is 2.20. The van der Waals surface area contributed by atoms with E-state index in [-0.39, 0.29) is 18.2 Å². The van der Waals surface area contributed by atoms with Gasteiger partial charge in [0.15, 0.2) is 0 Å². The summed E-state index contributed by atoms with van der Waals surface area (Å²) in [7, 11) is -1.31. The van der Waals surface area contributed by atoms with Gasteiger partial charge in [-0.3, -0.25) is 9.69 Å². The van der Waals surface area contributed by atoms with Crippen LogP contribution in [0.1, 0.15) is 5.56 Å². The van der Waals surface area contributed by atoms with Gasteiger partial charge in [-0.15, -0.1) is 0 Å². The molecule has 1 rings (SSSR count). The molecule has 20 heavy (non-hydrogen) atoms. The SMILES string of the molecule is Cc1c(N)cccc1NC(=O)CN(C)CCS(C)(=O)=O. The lowest BCUT2D eigenvalue weighted by atomic mass is 10.1. The average molecular weight is 299 g/mol. The molecule has 1 aromatic carbocycles. The molecule has 0 unspecified atom stereocenters. The molecular weight excluding hydrogens is 278 g/mol. The maximum Gasteiger partial charge on any atom is 0.238 e. The van der Waals surface area contributed by atoms with Crippen LogP contribution in [0, 0.1) is 6.92 Å². The summed E-state index contributed by atoms with van der Waals surface area (Å²) in [4.78, 5) is 13.5. The summed E-state index contributed by atoms with van der Waals surface area (Å²) in [6.45, 7) is 2.28. The lowest BCUT2D eigenvalue weighted by Gasteiger charge is -2.16. The number of likely N-dealkylation sites (N-methyl/N-ethyl adjacent to an activating group) is 1. The number of nitrogens with two attached hydrogens (primary N) is 1. The quantitative estimate of drug-likeness (QED) is 0.746. The second kappa shape index (κ2) is 6.71. The van der Waals surface area contributed by atoms with Crippen LogP contribution in [0.4, 0.5) is 11.4 Å². The Morgan fingerprint density at radius 1 is 1.40 bits per heavy atom. The van der Waals surface area contributed by atoms with Crippen molar-refractivity contribution >= 4 is 27.1 Å². The fourth-order valence-corrected chi connectivity index (χ4v) is 2.27. The number of amides is 1. The van der Waals surface area contributed by atoms with Crippen molar-refractivity contribution in [1.29, 1.82) is 0 Å². The van der Waals surface area contributed by atoms with Gasteiger partial charge < -0.3 is 11.1 Å². The van der Waals surface area contributed by atoms with Crippen molar-refractivity contribution in [3.05, 3.63) is 23.8 Å². The highest BCUT2D eigenvalue weighted by molar-refractivity contribution is 7.90. The zero-order valence-corrected chi connectivity index (χ0v) is 12.8. The number of carbonyl (C=O) groups excluding carboxylic acids is 1. The molecule has 3 N–H and O–H groups in total. The van der Waals surface area contributed by atoms with Gasteiger partial charge >= 0.3 is 0 Å². The molecule has 0 spiro atoms. The minimum absolute atomic E-state index is 0.0358. The van der Waals surface area contributed by atoms with Crippen LogP contribution < -0.4 is 11.1 Å². The number of nitrogens with one attached hydrogen (secondary N) is 1. The van der Waals surface area contributed by atoms with Crippen LogP contribution in [0.25, 0.3) is 0 Å². The second-order valence-corrected chi connectivity index (χ2v) is 7.20. The molecule has 0 aromatic heterocycles. The molecule has 0 aliphatic carbocycles. The first-order valence-electron chi connectivity index (χ1n) is 6.20. The van der Waals surface area contributed by atoms with Gasteiger partial charge in [0.1, 0.15) is 9.84 Å². The molecule has 0 heterocycles. The van der Waals surface area contributed by atoms with E-state index < -0.39 is 9.84 Å². The number of hydrogen-bond donors (Lipinski definition) is 2. The molecule has 0 radical (unpaired) electrons. The first-order valence-corrected chi connectivity index (χ1v) is 8.26. The molecule has 7 heteroatoms. The molecule has 112 valence electrons. The van der Waals surface area contributed by atoms with E-state index in [0.29, 0.717) is 17.9 Å². The maximum absolute atomic E-state index is 11.9. The molecule has 6 nitrogen and oxygen atoms in total. The summed E-state index contributed by atoms with van der Waals surface area (Å²) in [5.41, 5.74) is 7.88. The van der Waals surface area contributed by atoms with E-state index in [1.807, 2.05) is 6.92 Å². The Bertz CT molecular complexity index is 585. The van der Waals surface area contributed by atoms with E-state index in [4.69, 9.17) is 5.73 Å². The number of sulfone groups is 1. The summed E-state index contributed by atoms with van der Waals surface area (Å²) in [6.07, 6.45) is 1.18. The monoisotopic (exact) mass is 299 g/mol. The topological polar surface area (TPSA) is 92.5 Å². The lowest BCUT2D eigenvalue weighted by Crippen LogP contribution is -2.33. The third kappa shape index (κ3) is 5.58. The van der Waals surface area contributed by atoms with Crippen molar-refractivity contribution in [3.8, 4) is 0 Å². The van der Waals surface area contributed by atoms with Crippen molar-refractivity contribution in [1.82, 2.24) is 4.90 Å². The number of anilines is 2. The molecule has 0 atom stereocenters. The van der Waals surface area contributed by atoms with E-state index in [2.05, 4.69) is 5.32 Å². The Labute approximate surface area is 119 Å². The Balaban J connectivity index is 2.53. The minimum Gasteiger partial charge on any atom is -0.398 e. The molecule has 0 bridgehead atoms. The van der Waals surface area contributed by atoms with Crippen LogP contribution in [-0.4, -0.2) is 51.4 Å². The summed E-state index contributed by atoms with van der Waals surface area (Å²) >= 11 is 0. The van der Waals surface area contributed by atoms with Gasteiger partial charge in [0.2, 0.25) is 5.91 Å². The van der Waals surface area contributed by atoms with Crippen LogP contribution in [-0.2, 0) is 14.6 Å². The first-order chi connectivity index (χ1) is 9.19. The van der Waals surface area contributed by atoms with Gasteiger partial charge in [-0.05, 0) is 31.7 Å². The van der Waals surface area contributed by atoms with Gasteiger partial charge in [0.05, 0.1) is 12.3 Å². The second-order valence-electron chi connectivity index (χ2n) is 4.94. The van der Waals surface area contributed by atoms with Gasteiger partial charge in [0, 0.05) is 24.2 Å². The van der Waals surface area contributed by atoms with Gasteiger partial charge in [-0.1, -0.05) is 6.07 Å². The third-order valence-corrected chi connectivity index (χ3v) is 3.83. The number of hydrogen-bond acceptors (Lipinski definition) is 5. The average Bonchev–Trinajstić information content (AvgIpc) is 2.31. The van der Waals surface area contributed by atoms with Crippen LogP contribution >= 0.6 is 0 Å². The van der Waals surface area contributed by atoms with Crippen molar-refractivity contribution < 1.29 is 13.2 Å². The highest BCUT2D eigenvalue weighted by Gasteiger charge is 2.11. The van der Waals surface area contributed by atoms with E-state index in [1.54, 1.807) is 30.1 Å². The van der Waals surface area contributed by atoms with Gasteiger partial charge in [-0.2, -0.15) is 0 Å². The minimum atomic E-state index is -3.02. The summed E-state index contributed by atoms with van der Waals surface area (Å²) in [6, 6.07) is 5.31. The van der Waals surface area contributed by atoms with Crippen LogP contribution in [0.5, 0.6) is 0 Å². The number of nitrogens with zero attached hydrogens (tertiary/aromatic N) is 1. The lowest BCUT2D eigenvalue weighted by molar-refractivity contribution is -0.117. The predicted octanol–water partition coefficient (Wildman–Crippen LogP) is 0.492. The van der Waals surface area contributed by atoms with Crippen LogP contribution in [0.2, 0.25) is 0 Å². The zero-order chi connectivity index (χ0) is 15.3. The molecule has 0 saturated heterocycles. The Hall–Kier alpha value is -1.60. The highest BCUT2D eigenvalue weighted by atomic mass is 32.2. The molecule has 1 amide bonds.